The zero-order valence-corrected chi connectivity index (χ0v) is 15.2. The van der Waals surface area contributed by atoms with Gasteiger partial charge in [0.2, 0.25) is 0 Å². The Morgan fingerprint density at radius 3 is 2.73 bits per heavy atom. The maximum Gasteiger partial charge on any atom is 0.325 e. The van der Waals surface area contributed by atoms with Crippen LogP contribution in [0.25, 0.3) is 4.96 Å². The molecule has 3 aromatic rings. The lowest BCUT2D eigenvalue weighted by Crippen LogP contribution is -2.41. The van der Waals surface area contributed by atoms with Crippen molar-refractivity contribution in [2.45, 2.75) is 32.9 Å². The molecule has 1 N–H and O–H groups in total. The number of aromatic nitrogens is 2. The van der Waals surface area contributed by atoms with Gasteiger partial charge < -0.3 is 9.73 Å². The van der Waals surface area contributed by atoms with Gasteiger partial charge in [-0.3, -0.25) is 18.9 Å². The average Bonchev–Trinajstić information content (AvgIpc) is 3.22. The fourth-order valence-corrected chi connectivity index (χ4v) is 4.02. The first kappa shape index (κ1) is 16.5. The minimum atomic E-state index is -1.21. The van der Waals surface area contributed by atoms with Gasteiger partial charge in [0.25, 0.3) is 11.5 Å². The number of furan rings is 1. The monoisotopic (exact) mass is 372 g/mol. The molecule has 1 atom stereocenters. The van der Waals surface area contributed by atoms with Gasteiger partial charge in [0.1, 0.15) is 17.1 Å². The van der Waals surface area contributed by atoms with E-state index in [0.717, 1.165) is 4.90 Å². The summed E-state index contributed by atoms with van der Waals surface area (Å²) >= 11 is 1.31. The van der Waals surface area contributed by atoms with Gasteiger partial charge in [0.05, 0.1) is 12.2 Å². The molecule has 0 radical (unpaired) electrons. The van der Waals surface area contributed by atoms with Gasteiger partial charge in [-0.25, -0.2) is 9.78 Å². The van der Waals surface area contributed by atoms with Crippen LogP contribution in [-0.4, -0.2) is 26.2 Å². The van der Waals surface area contributed by atoms with Crippen molar-refractivity contribution in [3.05, 3.63) is 56.8 Å². The first-order chi connectivity index (χ1) is 12.3. The van der Waals surface area contributed by atoms with Crippen LogP contribution >= 0.6 is 11.3 Å². The first-order valence-electron chi connectivity index (χ1n) is 7.97. The largest absolute Gasteiger partial charge is 0.466 e. The molecule has 26 heavy (non-hydrogen) atoms. The molecule has 0 saturated carbocycles. The fraction of sp³-hybridized carbons (Fsp3) is 0.294. The summed E-state index contributed by atoms with van der Waals surface area (Å²) in [7, 11) is 0. The standard InChI is InChI=1S/C17H16N4O4S/c1-9-6-12(10(2)25-9)17(3)14(23)21(15(24)19-17)8-11-7-13(22)20-4-5-26-16(20)18-11/h4-7H,8H2,1-3H3,(H,19,24). The first-order valence-corrected chi connectivity index (χ1v) is 8.85. The molecule has 3 amide bonds. The molecule has 0 spiro atoms. The minimum Gasteiger partial charge on any atom is -0.466 e. The van der Waals surface area contributed by atoms with Crippen molar-refractivity contribution < 1.29 is 14.0 Å². The Labute approximate surface area is 152 Å². The summed E-state index contributed by atoms with van der Waals surface area (Å²) < 4.78 is 6.93. The van der Waals surface area contributed by atoms with Crippen molar-refractivity contribution in [3.63, 3.8) is 0 Å². The number of fused-ring (bicyclic) bond motifs is 1. The fourth-order valence-electron chi connectivity index (χ4n) is 3.28. The lowest BCUT2D eigenvalue weighted by atomic mass is 9.92. The van der Waals surface area contributed by atoms with Crippen LogP contribution in [0.4, 0.5) is 4.79 Å². The summed E-state index contributed by atoms with van der Waals surface area (Å²) in [5.74, 6) is 0.841. The third-order valence-corrected chi connectivity index (χ3v) is 5.29. The molecule has 0 aliphatic carbocycles. The Morgan fingerprint density at radius 2 is 2.04 bits per heavy atom. The van der Waals surface area contributed by atoms with Crippen LogP contribution < -0.4 is 10.9 Å². The smallest absolute Gasteiger partial charge is 0.325 e. The Bertz CT molecular complexity index is 1110. The second kappa shape index (κ2) is 5.53. The molecule has 0 aromatic carbocycles. The van der Waals surface area contributed by atoms with Gasteiger partial charge in [-0.1, -0.05) is 0 Å². The molecule has 4 heterocycles. The van der Waals surface area contributed by atoms with Crippen LogP contribution in [0.2, 0.25) is 0 Å². The number of hydrogen-bond acceptors (Lipinski definition) is 6. The van der Waals surface area contributed by atoms with Crippen molar-refractivity contribution in [2.24, 2.45) is 0 Å². The Kier molecular flexibility index (Phi) is 3.52. The predicted octanol–water partition coefficient (Wildman–Crippen LogP) is 1.93. The number of hydrogen-bond donors (Lipinski definition) is 1. The van der Waals surface area contributed by atoms with E-state index >= 15 is 0 Å². The number of urea groups is 1. The van der Waals surface area contributed by atoms with Gasteiger partial charge in [-0.2, -0.15) is 0 Å². The summed E-state index contributed by atoms with van der Waals surface area (Å²) in [6.45, 7) is 5.12. The van der Waals surface area contributed by atoms with E-state index in [9.17, 15) is 14.4 Å². The highest BCUT2D eigenvalue weighted by atomic mass is 32.1. The second-order valence-electron chi connectivity index (χ2n) is 6.41. The average molecular weight is 372 g/mol. The van der Waals surface area contributed by atoms with E-state index in [1.165, 1.54) is 21.8 Å². The molecule has 134 valence electrons. The van der Waals surface area contributed by atoms with Crippen LogP contribution in [-0.2, 0) is 16.9 Å². The van der Waals surface area contributed by atoms with E-state index in [0.29, 0.717) is 27.7 Å². The van der Waals surface area contributed by atoms with E-state index in [4.69, 9.17) is 4.42 Å². The molecule has 8 nitrogen and oxygen atoms in total. The lowest BCUT2D eigenvalue weighted by Gasteiger charge is -2.21. The number of rotatable bonds is 3. The minimum absolute atomic E-state index is 0.0697. The maximum atomic E-state index is 13.0. The van der Waals surface area contributed by atoms with Gasteiger partial charge in [0.15, 0.2) is 4.96 Å². The molecule has 9 heteroatoms. The third kappa shape index (κ3) is 2.35. The highest BCUT2D eigenvalue weighted by Gasteiger charge is 2.50. The lowest BCUT2D eigenvalue weighted by molar-refractivity contribution is -0.131. The van der Waals surface area contributed by atoms with Crippen molar-refractivity contribution in [2.75, 3.05) is 0 Å². The Balaban J connectivity index is 1.69. The molecule has 3 aromatic heterocycles. The maximum absolute atomic E-state index is 13.0. The summed E-state index contributed by atoms with van der Waals surface area (Å²) in [6.07, 6.45) is 1.63. The molecular weight excluding hydrogens is 356 g/mol. The van der Waals surface area contributed by atoms with E-state index in [1.807, 2.05) is 0 Å². The predicted molar refractivity (Wildman–Crippen MR) is 94.0 cm³/mol. The number of nitrogens with zero attached hydrogens (tertiary/aromatic N) is 3. The number of nitrogens with one attached hydrogen (secondary N) is 1. The van der Waals surface area contributed by atoms with Gasteiger partial charge in [0, 0.05) is 23.2 Å². The second-order valence-corrected chi connectivity index (χ2v) is 7.29. The summed E-state index contributed by atoms with van der Waals surface area (Å²) in [4.78, 5) is 43.5. The van der Waals surface area contributed by atoms with Crippen molar-refractivity contribution in [1.29, 1.82) is 0 Å². The number of aryl methyl sites for hydroxylation is 2. The summed E-state index contributed by atoms with van der Waals surface area (Å²) in [5, 5.41) is 4.49. The van der Waals surface area contributed by atoms with E-state index < -0.39 is 17.5 Å². The third-order valence-electron chi connectivity index (χ3n) is 4.53. The van der Waals surface area contributed by atoms with Crippen LogP contribution in [0.3, 0.4) is 0 Å². The molecule has 1 unspecified atom stereocenters. The Morgan fingerprint density at radius 1 is 1.27 bits per heavy atom. The topological polar surface area (TPSA) is 96.9 Å². The van der Waals surface area contributed by atoms with E-state index in [-0.39, 0.29) is 12.1 Å². The van der Waals surface area contributed by atoms with Crippen molar-refractivity contribution >= 4 is 28.2 Å². The number of imide groups is 1. The highest BCUT2D eigenvalue weighted by molar-refractivity contribution is 7.15. The number of thiazole rings is 1. The van der Waals surface area contributed by atoms with E-state index in [1.54, 1.807) is 38.4 Å². The highest BCUT2D eigenvalue weighted by Crippen LogP contribution is 2.33. The molecule has 0 bridgehead atoms. The molecule has 1 aliphatic heterocycles. The normalized spacial score (nSPS) is 20.2. The van der Waals surface area contributed by atoms with Crippen LogP contribution in [0.1, 0.15) is 29.7 Å². The van der Waals surface area contributed by atoms with Crippen LogP contribution in [0.5, 0.6) is 0 Å². The molecule has 1 saturated heterocycles. The molecule has 1 fully saturated rings. The summed E-state index contributed by atoms with van der Waals surface area (Å²) in [5.41, 5.74) is -0.466. The van der Waals surface area contributed by atoms with Crippen molar-refractivity contribution in [3.8, 4) is 0 Å². The Hall–Kier alpha value is -2.94. The summed E-state index contributed by atoms with van der Waals surface area (Å²) in [6, 6.07) is 2.56. The van der Waals surface area contributed by atoms with Gasteiger partial charge in [-0.15, -0.1) is 11.3 Å². The zero-order valence-electron chi connectivity index (χ0n) is 14.4. The van der Waals surface area contributed by atoms with Crippen LogP contribution in [0.15, 0.2) is 32.9 Å². The van der Waals surface area contributed by atoms with Gasteiger partial charge >= 0.3 is 6.03 Å². The number of amides is 3. The number of carbonyl (C=O) groups is 2. The number of carbonyl (C=O) groups excluding carboxylic acids is 2. The van der Waals surface area contributed by atoms with Crippen LogP contribution in [0, 0.1) is 13.8 Å². The molecular formula is C17H16N4O4S. The zero-order chi connectivity index (χ0) is 18.6. The molecule has 1 aliphatic rings. The molecule has 4 rings (SSSR count). The van der Waals surface area contributed by atoms with E-state index in [2.05, 4.69) is 10.3 Å². The quantitative estimate of drug-likeness (QED) is 0.709. The SMILES string of the molecule is Cc1cc(C2(C)NC(=O)N(Cc3cc(=O)n4ccsc4n3)C2=O)c(C)o1. The van der Waals surface area contributed by atoms with Crippen molar-refractivity contribution in [1.82, 2.24) is 19.6 Å². The van der Waals surface area contributed by atoms with Gasteiger partial charge in [-0.05, 0) is 26.8 Å².